The lowest BCUT2D eigenvalue weighted by Gasteiger charge is -2.21. The Morgan fingerprint density at radius 2 is 2.22 bits per heavy atom. The highest BCUT2D eigenvalue weighted by Gasteiger charge is 2.14. The predicted octanol–water partition coefficient (Wildman–Crippen LogP) is 1.93. The summed E-state index contributed by atoms with van der Waals surface area (Å²) in [4.78, 5) is 17.9. The van der Waals surface area contributed by atoms with Gasteiger partial charge in [-0.3, -0.25) is 0 Å². The second-order valence-corrected chi connectivity index (χ2v) is 4.62. The zero-order valence-corrected chi connectivity index (χ0v) is 11.4. The third-order valence-electron chi connectivity index (χ3n) is 2.45. The highest BCUT2D eigenvalue weighted by Crippen LogP contribution is 2.19. The summed E-state index contributed by atoms with van der Waals surface area (Å²) in [5.41, 5.74) is 6.46. The Hall–Kier alpha value is -1.78. The van der Waals surface area contributed by atoms with Crippen LogP contribution in [-0.2, 0) is 4.74 Å². The van der Waals surface area contributed by atoms with E-state index in [0.29, 0.717) is 23.8 Å². The number of nitrogens with zero attached hydrogens (tertiary/aromatic N) is 2. The van der Waals surface area contributed by atoms with E-state index in [4.69, 9.17) is 10.5 Å². The lowest BCUT2D eigenvalue weighted by atomic mass is 10.2. The van der Waals surface area contributed by atoms with Gasteiger partial charge < -0.3 is 15.4 Å². The molecular formula is C13H21N3O2. The van der Waals surface area contributed by atoms with Crippen LogP contribution in [0.5, 0.6) is 0 Å². The molecule has 2 N–H and O–H groups in total. The van der Waals surface area contributed by atoms with Crippen molar-refractivity contribution in [1.82, 2.24) is 4.98 Å². The molecule has 1 aromatic heterocycles. The first-order valence-corrected chi connectivity index (χ1v) is 6.09. The summed E-state index contributed by atoms with van der Waals surface area (Å²) in [7, 11) is 1.94. The summed E-state index contributed by atoms with van der Waals surface area (Å²) >= 11 is 0. The van der Waals surface area contributed by atoms with Crippen LogP contribution in [0.4, 0.5) is 11.5 Å². The molecule has 1 heterocycles. The van der Waals surface area contributed by atoms with Crippen molar-refractivity contribution in [2.45, 2.75) is 20.8 Å². The highest BCUT2D eigenvalue weighted by atomic mass is 16.5. The van der Waals surface area contributed by atoms with Crippen molar-refractivity contribution in [2.75, 3.05) is 30.8 Å². The van der Waals surface area contributed by atoms with Crippen molar-refractivity contribution in [3.63, 3.8) is 0 Å². The molecule has 1 rings (SSSR count). The first-order chi connectivity index (χ1) is 8.45. The predicted molar refractivity (Wildman–Crippen MR) is 72.7 cm³/mol. The van der Waals surface area contributed by atoms with E-state index in [-0.39, 0.29) is 0 Å². The van der Waals surface area contributed by atoms with E-state index in [2.05, 4.69) is 18.8 Å². The fourth-order valence-electron chi connectivity index (χ4n) is 1.69. The Bertz CT molecular complexity index is 419. The van der Waals surface area contributed by atoms with E-state index in [1.165, 1.54) is 6.20 Å². The first kappa shape index (κ1) is 14.3. The summed E-state index contributed by atoms with van der Waals surface area (Å²) in [6.45, 7) is 7.21. The van der Waals surface area contributed by atoms with Gasteiger partial charge in [-0.2, -0.15) is 0 Å². The van der Waals surface area contributed by atoms with E-state index in [1.807, 2.05) is 11.9 Å². The van der Waals surface area contributed by atoms with Gasteiger partial charge in [-0.15, -0.1) is 0 Å². The topological polar surface area (TPSA) is 68.5 Å². The van der Waals surface area contributed by atoms with Gasteiger partial charge in [0, 0.05) is 13.6 Å². The minimum Gasteiger partial charge on any atom is -0.462 e. The zero-order valence-electron chi connectivity index (χ0n) is 11.4. The maximum Gasteiger partial charge on any atom is 0.340 e. The monoisotopic (exact) mass is 251 g/mol. The molecule has 0 fully saturated rings. The van der Waals surface area contributed by atoms with Gasteiger partial charge in [0.15, 0.2) is 0 Å². The van der Waals surface area contributed by atoms with Gasteiger partial charge in [0.2, 0.25) is 0 Å². The normalized spacial score (nSPS) is 10.5. The number of hydrogen-bond donors (Lipinski definition) is 1. The summed E-state index contributed by atoms with van der Waals surface area (Å²) in [5, 5.41) is 0. The molecule has 18 heavy (non-hydrogen) atoms. The van der Waals surface area contributed by atoms with Crippen LogP contribution >= 0.6 is 0 Å². The van der Waals surface area contributed by atoms with Crippen LogP contribution in [0.1, 0.15) is 31.1 Å². The third kappa shape index (κ3) is 3.61. The molecule has 0 bridgehead atoms. The number of esters is 1. The number of anilines is 2. The average Bonchev–Trinajstić information content (AvgIpc) is 2.28. The molecule has 1 aromatic rings. The zero-order chi connectivity index (χ0) is 13.7. The Balaban J connectivity index is 2.96. The number of ether oxygens (including phenoxy) is 1. The van der Waals surface area contributed by atoms with Crippen molar-refractivity contribution in [2.24, 2.45) is 5.92 Å². The van der Waals surface area contributed by atoms with Crippen LogP contribution in [0, 0.1) is 5.92 Å². The number of carbonyl (C=O) groups is 1. The number of nitrogen functional groups attached to an aromatic ring is 1. The van der Waals surface area contributed by atoms with Crippen molar-refractivity contribution in [1.29, 1.82) is 0 Å². The molecule has 0 radical (unpaired) electrons. The molecular weight excluding hydrogens is 230 g/mol. The van der Waals surface area contributed by atoms with Gasteiger partial charge >= 0.3 is 5.97 Å². The molecule has 0 saturated carbocycles. The molecule has 0 aromatic carbocycles. The van der Waals surface area contributed by atoms with E-state index in [9.17, 15) is 4.79 Å². The molecule has 0 aliphatic rings. The summed E-state index contributed by atoms with van der Waals surface area (Å²) in [6.07, 6.45) is 1.50. The Labute approximate surface area is 108 Å². The minimum atomic E-state index is -0.406. The van der Waals surface area contributed by atoms with Crippen LogP contribution in [0.2, 0.25) is 0 Å². The highest BCUT2D eigenvalue weighted by molar-refractivity contribution is 5.95. The molecule has 0 aliphatic carbocycles. The number of aromatic nitrogens is 1. The van der Waals surface area contributed by atoms with Crippen molar-refractivity contribution in [3.05, 3.63) is 17.8 Å². The summed E-state index contributed by atoms with van der Waals surface area (Å²) < 4.78 is 4.96. The molecule has 5 heteroatoms. The van der Waals surface area contributed by atoms with Crippen LogP contribution in [0.25, 0.3) is 0 Å². The molecule has 0 aliphatic heterocycles. The van der Waals surface area contributed by atoms with Gasteiger partial charge in [-0.05, 0) is 18.9 Å². The second kappa shape index (κ2) is 6.23. The van der Waals surface area contributed by atoms with Gasteiger partial charge in [0.25, 0.3) is 0 Å². The minimum absolute atomic E-state index is 0.331. The second-order valence-electron chi connectivity index (χ2n) is 4.62. The lowest BCUT2D eigenvalue weighted by Crippen LogP contribution is -2.24. The molecule has 100 valence electrons. The number of hydrogen-bond acceptors (Lipinski definition) is 5. The van der Waals surface area contributed by atoms with Crippen molar-refractivity contribution < 1.29 is 9.53 Å². The van der Waals surface area contributed by atoms with Crippen LogP contribution in [0.3, 0.4) is 0 Å². The van der Waals surface area contributed by atoms with Gasteiger partial charge in [0.1, 0.15) is 5.82 Å². The van der Waals surface area contributed by atoms with E-state index in [0.717, 1.165) is 12.4 Å². The Kier molecular flexibility index (Phi) is 4.95. The molecule has 5 nitrogen and oxygen atoms in total. The van der Waals surface area contributed by atoms with Gasteiger partial charge in [-0.25, -0.2) is 9.78 Å². The fourth-order valence-corrected chi connectivity index (χ4v) is 1.69. The first-order valence-electron chi connectivity index (χ1n) is 6.09. The maximum absolute atomic E-state index is 11.7. The summed E-state index contributed by atoms with van der Waals surface area (Å²) in [5.74, 6) is 0.831. The summed E-state index contributed by atoms with van der Waals surface area (Å²) in [6, 6.07) is 1.68. The van der Waals surface area contributed by atoms with Crippen LogP contribution < -0.4 is 10.6 Å². The number of nitrogens with two attached hydrogens (primary N) is 1. The SMILES string of the molecule is CCOC(=O)c1cc(N(C)CC(C)C)ncc1N. The molecule has 0 spiro atoms. The van der Waals surface area contributed by atoms with Crippen LogP contribution in [0.15, 0.2) is 12.3 Å². The Morgan fingerprint density at radius 3 is 2.78 bits per heavy atom. The fraction of sp³-hybridized carbons (Fsp3) is 0.538. The van der Waals surface area contributed by atoms with Gasteiger partial charge in [0.05, 0.1) is 24.1 Å². The largest absolute Gasteiger partial charge is 0.462 e. The molecule has 0 saturated heterocycles. The van der Waals surface area contributed by atoms with Gasteiger partial charge in [-0.1, -0.05) is 13.8 Å². The smallest absolute Gasteiger partial charge is 0.340 e. The van der Waals surface area contributed by atoms with E-state index < -0.39 is 5.97 Å². The molecule has 0 unspecified atom stereocenters. The van der Waals surface area contributed by atoms with Crippen molar-refractivity contribution in [3.8, 4) is 0 Å². The molecule has 0 amide bonds. The lowest BCUT2D eigenvalue weighted by molar-refractivity contribution is 0.0527. The number of carbonyl (C=O) groups excluding carboxylic acids is 1. The quantitative estimate of drug-likeness (QED) is 0.810. The number of rotatable bonds is 5. The van der Waals surface area contributed by atoms with E-state index in [1.54, 1.807) is 13.0 Å². The Morgan fingerprint density at radius 1 is 1.56 bits per heavy atom. The standard InChI is InChI=1S/C13H21N3O2/c1-5-18-13(17)10-6-12(15-7-11(10)14)16(4)8-9(2)3/h6-7,9H,5,8,14H2,1-4H3. The van der Waals surface area contributed by atoms with Crippen molar-refractivity contribution >= 4 is 17.5 Å². The average molecular weight is 251 g/mol. The van der Waals surface area contributed by atoms with Crippen LogP contribution in [-0.4, -0.2) is 31.2 Å². The van der Waals surface area contributed by atoms with E-state index >= 15 is 0 Å². The maximum atomic E-state index is 11.7. The number of pyridine rings is 1. The third-order valence-corrected chi connectivity index (χ3v) is 2.45. The molecule has 0 atom stereocenters.